The Hall–Kier alpha value is -0.783. The number of hydrogen-bond donors (Lipinski definition) is 0. The summed E-state index contributed by atoms with van der Waals surface area (Å²) in [4.78, 5) is 0. The molecule has 0 radical (unpaired) electrons. The molecule has 0 rings (SSSR count). The minimum absolute atomic E-state index is 0.260. The Morgan fingerprint density at radius 2 is 1.78 bits per heavy atom. The van der Waals surface area contributed by atoms with Gasteiger partial charge in [-0.15, -0.1) is 5.92 Å². The standard InChI is InChI=1S/C21H38OSi/c1-9-11-13-14-16-17-19(3)20(18-15-12-10-2)22-23(7,8)21(4,5)6/h13-14,16-17,19-20H,10,12,15,18H2,1-8H3/b14-13?,17-16-/t19-,20+/m1/s1. The molecule has 0 aliphatic carbocycles. The van der Waals surface area contributed by atoms with Crippen molar-refractivity contribution >= 4 is 8.32 Å². The van der Waals surface area contributed by atoms with Crippen LogP contribution in [0.15, 0.2) is 24.3 Å². The van der Waals surface area contributed by atoms with Crippen LogP contribution in [-0.2, 0) is 4.43 Å². The maximum Gasteiger partial charge on any atom is 0.192 e. The quantitative estimate of drug-likeness (QED) is 0.196. The number of allylic oxidation sites excluding steroid dienone is 3. The van der Waals surface area contributed by atoms with Crippen molar-refractivity contribution in [2.24, 2.45) is 5.92 Å². The Bertz CT molecular complexity index is 429. The molecule has 2 atom stereocenters. The van der Waals surface area contributed by atoms with E-state index in [2.05, 4.69) is 71.7 Å². The van der Waals surface area contributed by atoms with E-state index in [4.69, 9.17) is 4.43 Å². The molecule has 23 heavy (non-hydrogen) atoms. The number of rotatable bonds is 9. The van der Waals surface area contributed by atoms with E-state index in [1.165, 1.54) is 19.3 Å². The van der Waals surface area contributed by atoms with Gasteiger partial charge in [0.1, 0.15) is 0 Å². The molecule has 0 heterocycles. The second kappa shape index (κ2) is 10.9. The Labute approximate surface area is 146 Å². The Kier molecular flexibility index (Phi) is 10.5. The highest BCUT2D eigenvalue weighted by Crippen LogP contribution is 2.38. The largest absolute Gasteiger partial charge is 0.413 e. The predicted octanol–water partition coefficient (Wildman–Crippen LogP) is 6.73. The van der Waals surface area contributed by atoms with Crippen LogP contribution in [0.25, 0.3) is 0 Å². The first-order valence-electron chi connectivity index (χ1n) is 9.09. The third-order valence-electron chi connectivity index (χ3n) is 4.78. The highest BCUT2D eigenvalue weighted by atomic mass is 28.4. The van der Waals surface area contributed by atoms with Crippen molar-refractivity contribution in [1.29, 1.82) is 0 Å². The zero-order valence-electron chi connectivity index (χ0n) is 16.7. The topological polar surface area (TPSA) is 9.23 Å². The first kappa shape index (κ1) is 22.2. The summed E-state index contributed by atoms with van der Waals surface area (Å²) >= 11 is 0. The highest BCUT2D eigenvalue weighted by Gasteiger charge is 2.39. The van der Waals surface area contributed by atoms with Gasteiger partial charge < -0.3 is 4.43 Å². The summed E-state index contributed by atoms with van der Waals surface area (Å²) in [5, 5.41) is 0.260. The molecule has 0 aromatic rings. The summed E-state index contributed by atoms with van der Waals surface area (Å²) in [5.41, 5.74) is 0. The van der Waals surface area contributed by atoms with Gasteiger partial charge in [0, 0.05) is 0 Å². The lowest BCUT2D eigenvalue weighted by Crippen LogP contribution is -2.45. The van der Waals surface area contributed by atoms with Crippen molar-refractivity contribution in [2.45, 2.75) is 91.5 Å². The third-order valence-corrected chi connectivity index (χ3v) is 9.28. The fourth-order valence-corrected chi connectivity index (χ4v) is 3.57. The minimum atomic E-state index is -1.73. The fraction of sp³-hybridized carbons (Fsp3) is 0.714. The van der Waals surface area contributed by atoms with E-state index in [0.29, 0.717) is 12.0 Å². The third kappa shape index (κ3) is 9.18. The van der Waals surface area contributed by atoms with Crippen LogP contribution in [0.5, 0.6) is 0 Å². The summed E-state index contributed by atoms with van der Waals surface area (Å²) in [6, 6.07) is 0. The SMILES string of the molecule is CC#CC=C/C=C\[C@@H](C)[C@H](CCCCC)O[Si](C)(C)C(C)(C)C. The van der Waals surface area contributed by atoms with Gasteiger partial charge in [0.15, 0.2) is 8.32 Å². The van der Waals surface area contributed by atoms with Gasteiger partial charge in [0.25, 0.3) is 0 Å². The Morgan fingerprint density at radius 1 is 1.13 bits per heavy atom. The molecule has 0 unspecified atom stereocenters. The average Bonchev–Trinajstić information content (AvgIpc) is 2.44. The van der Waals surface area contributed by atoms with Gasteiger partial charge in [0.05, 0.1) is 6.10 Å². The van der Waals surface area contributed by atoms with Gasteiger partial charge in [-0.3, -0.25) is 0 Å². The van der Waals surface area contributed by atoms with Crippen molar-refractivity contribution in [2.75, 3.05) is 0 Å². The molecule has 0 aliphatic heterocycles. The van der Waals surface area contributed by atoms with Crippen molar-refractivity contribution in [3.8, 4) is 11.8 Å². The molecule has 132 valence electrons. The average molecular weight is 335 g/mol. The molecule has 0 aromatic heterocycles. The van der Waals surface area contributed by atoms with Gasteiger partial charge in [-0.1, -0.05) is 78.0 Å². The van der Waals surface area contributed by atoms with E-state index in [-0.39, 0.29) is 5.04 Å². The van der Waals surface area contributed by atoms with E-state index in [0.717, 1.165) is 6.42 Å². The molecular formula is C21H38OSi. The molecule has 0 bridgehead atoms. The normalized spacial score (nSPS) is 15.7. The van der Waals surface area contributed by atoms with Crippen LogP contribution >= 0.6 is 0 Å². The van der Waals surface area contributed by atoms with E-state index in [1.807, 2.05) is 19.1 Å². The minimum Gasteiger partial charge on any atom is -0.413 e. The van der Waals surface area contributed by atoms with Crippen LogP contribution < -0.4 is 0 Å². The van der Waals surface area contributed by atoms with Crippen LogP contribution in [0.4, 0.5) is 0 Å². The maximum absolute atomic E-state index is 6.72. The van der Waals surface area contributed by atoms with Gasteiger partial charge >= 0.3 is 0 Å². The van der Waals surface area contributed by atoms with Gasteiger partial charge in [-0.05, 0) is 43.5 Å². The predicted molar refractivity (Wildman–Crippen MR) is 107 cm³/mol. The summed E-state index contributed by atoms with van der Waals surface area (Å²) in [7, 11) is -1.73. The Balaban J connectivity index is 4.93. The zero-order valence-corrected chi connectivity index (χ0v) is 17.7. The molecule has 0 N–H and O–H groups in total. The summed E-state index contributed by atoms with van der Waals surface area (Å²) in [5.74, 6) is 6.25. The van der Waals surface area contributed by atoms with Gasteiger partial charge in [-0.25, -0.2) is 0 Å². The summed E-state index contributed by atoms with van der Waals surface area (Å²) < 4.78 is 6.72. The van der Waals surface area contributed by atoms with Crippen molar-refractivity contribution in [3.63, 3.8) is 0 Å². The second-order valence-electron chi connectivity index (χ2n) is 7.91. The number of hydrogen-bond acceptors (Lipinski definition) is 1. The highest BCUT2D eigenvalue weighted by molar-refractivity contribution is 6.74. The van der Waals surface area contributed by atoms with Crippen LogP contribution in [0.2, 0.25) is 18.1 Å². The first-order valence-corrected chi connectivity index (χ1v) is 12.0. The lowest BCUT2D eigenvalue weighted by molar-refractivity contribution is 0.133. The molecule has 0 saturated heterocycles. The van der Waals surface area contributed by atoms with Crippen molar-refractivity contribution < 1.29 is 4.43 Å². The molecule has 0 fully saturated rings. The van der Waals surface area contributed by atoms with Crippen LogP contribution in [0, 0.1) is 17.8 Å². The lowest BCUT2D eigenvalue weighted by Gasteiger charge is -2.40. The molecule has 0 amide bonds. The summed E-state index contributed by atoms with van der Waals surface area (Å²) in [6.45, 7) is 18.0. The van der Waals surface area contributed by atoms with Crippen molar-refractivity contribution in [3.05, 3.63) is 24.3 Å². The first-order chi connectivity index (χ1) is 10.7. The zero-order chi connectivity index (χ0) is 17.9. The summed E-state index contributed by atoms with van der Waals surface area (Å²) in [6.07, 6.45) is 13.6. The maximum atomic E-state index is 6.72. The lowest BCUT2D eigenvalue weighted by atomic mass is 9.98. The smallest absolute Gasteiger partial charge is 0.192 e. The second-order valence-corrected chi connectivity index (χ2v) is 12.7. The molecular weight excluding hydrogens is 296 g/mol. The van der Waals surface area contributed by atoms with E-state index in [9.17, 15) is 0 Å². The fourth-order valence-electron chi connectivity index (χ4n) is 2.13. The van der Waals surface area contributed by atoms with Crippen molar-refractivity contribution in [1.82, 2.24) is 0 Å². The monoisotopic (exact) mass is 334 g/mol. The molecule has 1 nitrogen and oxygen atoms in total. The molecule has 2 heteroatoms. The number of unbranched alkanes of at least 4 members (excludes halogenated alkanes) is 2. The molecule has 0 spiro atoms. The van der Waals surface area contributed by atoms with Crippen LogP contribution in [0.3, 0.4) is 0 Å². The Morgan fingerprint density at radius 3 is 2.30 bits per heavy atom. The van der Waals surface area contributed by atoms with Gasteiger partial charge in [0.2, 0.25) is 0 Å². The van der Waals surface area contributed by atoms with Crippen LogP contribution in [0.1, 0.15) is 67.2 Å². The van der Waals surface area contributed by atoms with Crippen LogP contribution in [-0.4, -0.2) is 14.4 Å². The van der Waals surface area contributed by atoms with E-state index in [1.54, 1.807) is 0 Å². The van der Waals surface area contributed by atoms with Gasteiger partial charge in [-0.2, -0.15) is 0 Å². The van der Waals surface area contributed by atoms with E-state index >= 15 is 0 Å². The molecule has 0 saturated carbocycles. The molecule has 0 aliphatic rings. The van der Waals surface area contributed by atoms with E-state index < -0.39 is 8.32 Å². The molecule has 0 aromatic carbocycles.